The first kappa shape index (κ1) is 17.1. The quantitative estimate of drug-likeness (QED) is 0.835. The molecule has 1 rings (SSSR count). The number of thioether (sulfide) groups is 1. The number of carbonyl (C=O) groups excluding carboxylic acids is 1. The van der Waals surface area contributed by atoms with Gasteiger partial charge >= 0.3 is 0 Å². The molecule has 0 aromatic carbocycles. The lowest BCUT2D eigenvalue weighted by Gasteiger charge is -2.29. The summed E-state index contributed by atoms with van der Waals surface area (Å²) in [5, 5.41) is 7.32. The highest BCUT2D eigenvalue weighted by atomic mass is 32.2. The van der Waals surface area contributed by atoms with Crippen LogP contribution in [0.2, 0.25) is 0 Å². The van der Waals surface area contributed by atoms with Crippen molar-refractivity contribution >= 4 is 23.4 Å². The molecule has 0 aliphatic carbocycles. The monoisotopic (exact) mass is 297 g/mol. The summed E-state index contributed by atoms with van der Waals surface area (Å²) >= 11 is 1.78. The second kappa shape index (κ2) is 7.16. The second-order valence-electron chi connectivity index (χ2n) is 5.25. The van der Waals surface area contributed by atoms with Crippen molar-refractivity contribution in [2.75, 3.05) is 11.1 Å². The Kier molecular flexibility index (Phi) is 6.11. The lowest BCUT2D eigenvalue weighted by molar-refractivity contribution is -0.113. The highest BCUT2D eigenvalue weighted by molar-refractivity contribution is 8.01. The molecule has 0 saturated heterocycles. The number of aryl methyl sites for hydroxylation is 2. The third-order valence-electron chi connectivity index (χ3n) is 4.22. The zero-order valence-electron chi connectivity index (χ0n) is 13.5. The van der Waals surface area contributed by atoms with E-state index in [-0.39, 0.29) is 10.7 Å². The molecule has 1 aromatic rings. The SMILES string of the molecule is CCC(CC)(CC)SCC(=O)Nc1c(C)nn(C)c1C. The van der Waals surface area contributed by atoms with E-state index < -0.39 is 0 Å². The minimum atomic E-state index is 0.0638. The minimum absolute atomic E-state index is 0.0638. The highest BCUT2D eigenvalue weighted by Crippen LogP contribution is 2.35. The summed E-state index contributed by atoms with van der Waals surface area (Å²) < 4.78 is 2.03. The van der Waals surface area contributed by atoms with Crippen molar-refractivity contribution in [2.45, 2.75) is 58.6 Å². The maximum atomic E-state index is 12.2. The molecule has 1 aromatic heterocycles. The number of nitrogens with one attached hydrogen (secondary N) is 1. The number of carbonyl (C=O) groups is 1. The molecule has 1 heterocycles. The van der Waals surface area contributed by atoms with Gasteiger partial charge in [-0.1, -0.05) is 20.8 Å². The fraction of sp³-hybridized carbons (Fsp3) is 0.733. The summed E-state index contributed by atoms with van der Waals surface area (Å²) in [5.41, 5.74) is 2.72. The normalized spacial score (nSPS) is 11.7. The lowest BCUT2D eigenvalue weighted by Crippen LogP contribution is -2.25. The van der Waals surface area contributed by atoms with Gasteiger partial charge in [0.25, 0.3) is 0 Å². The molecule has 1 amide bonds. The van der Waals surface area contributed by atoms with Crippen LogP contribution < -0.4 is 5.32 Å². The summed E-state index contributed by atoms with van der Waals surface area (Å²) in [7, 11) is 1.89. The van der Waals surface area contributed by atoms with Crippen molar-refractivity contribution in [3.8, 4) is 0 Å². The Balaban J connectivity index is 2.64. The van der Waals surface area contributed by atoms with Gasteiger partial charge in [-0.05, 0) is 33.1 Å². The van der Waals surface area contributed by atoms with Gasteiger partial charge in [0.1, 0.15) is 0 Å². The van der Waals surface area contributed by atoms with Crippen molar-refractivity contribution < 1.29 is 4.79 Å². The lowest BCUT2D eigenvalue weighted by atomic mass is 9.99. The van der Waals surface area contributed by atoms with Crippen LogP contribution in [0.4, 0.5) is 5.69 Å². The molecular formula is C15H27N3OS. The molecule has 0 radical (unpaired) electrons. The summed E-state index contributed by atoms with van der Waals surface area (Å²) in [5.74, 6) is 0.567. The van der Waals surface area contributed by atoms with Gasteiger partial charge in [-0.2, -0.15) is 5.10 Å². The van der Waals surface area contributed by atoms with Crippen molar-refractivity contribution in [2.24, 2.45) is 7.05 Å². The van der Waals surface area contributed by atoms with E-state index in [0.717, 1.165) is 36.3 Å². The summed E-state index contributed by atoms with van der Waals surface area (Å²) in [4.78, 5) is 12.2. The molecule has 0 spiro atoms. The zero-order valence-corrected chi connectivity index (χ0v) is 14.4. The first-order valence-electron chi connectivity index (χ1n) is 7.33. The molecule has 20 heavy (non-hydrogen) atoms. The van der Waals surface area contributed by atoms with E-state index in [2.05, 4.69) is 31.2 Å². The molecule has 0 saturated carbocycles. The fourth-order valence-corrected chi connectivity index (χ4v) is 3.53. The molecule has 0 aliphatic rings. The first-order valence-corrected chi connectivity index (χ1v) is 8.31. The van der Waals surface area contributed by atoms with E-state index in [4.69, 9.17) is 0 Å². The fourth-order valence-electron chi connectivity index (χ4n) is 2.40. The molecule has 5 heteroatoms. The van der Waals surface area contributed by atoms with E-state index in [1.54, 1.807) is 16.4 Å². The van der Waals surface area contributed by atoms with Crippen molar-refractivity contribution in [3.63, 3.8) is 0 Å². The van der Waals surface area contributed by atoms with E-state index in [1.807, 2.05) is 20.9 Å². The zero-order chi connectivity index (χ0) is 15.3. The van der Waals surface area contributed by atoms with Crippen LogP contribution in [0.25, 0.3) is 0 Å². The predicted octanol–water partition coefficient (Wildman–Crippen LogP) is 3.68. The molecule has 0 unspecified atom stereocenters. The van der Waals surface area contributed by atoms with E-state index >= 15 is 0 Å². The molecule has 0 atom stereocenters. The van der Waals surface area contributed by atoms with Gasteiger partial charge in [0, 0.05) is 11.8 Å². The molecular weight excluding hydrogens is 270 g/mol. The first-order chi connectivity index (χ1) is 9.39. The topological polar surface area (TPSA) is 46.9 Å². The van der Waals surface area contributed by atoms with Crippen LogP contribution >= 0.6 is 11.8 Å². The standard InChI is InChI=1S/C15H27N3OS/c1-7-15(8-2,9-3)20-10-13(19)16-14-11(4)17-18(6)12(14)5/h7-10H2,1-6H3,(H,16,19). The van der Waals surface area contributed by atoms with Crippen molar-refractivity contribution in [3.05, 3.63) is 11.4 Å². The van der Waals surface area contributed by atoms with Crippen LogP contribution in [-0.4, -0.2) is 26.2 Å². The van der Waals surface area contributed by atoms with Gasteiger partial charge in [-0.15, -0.1) is 11.8 Å². The van der Waals surface area contributed by atoms with E-state index in [0.29, 0.717) is 5.75 Å². The number of aromatic nitrogens is 2. The molecule has 0 aliphatic heterocycles. The molecule has 114 valence electrons. The summed E-state index contributed by atoms with van der Waals surface area (Å²) in [6.07, 6.45) is 3.30. The van der Waals surface area contributed by atoms with Crippen LogP contribution in [0.1, 0.15) is 51.4 Å². The highest BCUT2D eigenvalue weighted by Gasteiger charge is 2.25. The van der Waals surface area contributed by atoms with E-state index in [9.17, 15) is 4.79 Å². The number of amides is 1. The van der Waals surface area contributed by atoms with Crippen molar-refractivity contribution in [1.29, 1.82) is 0 Å². The van der Waals surface area contributed by atoms with Gasteiger partial charge in [0.15, 0.2) is 0 Å². The van der Waals surface area contributed by atoms with Gasteiger partial charge in [-0.3, -0.25) is 9.48 Å². The average Bonchev–Trinajstić information content (AvgIpc) is 2.67. The largest absolute Gasteiger partial charge is 0.322 e. The summed E-state index contributed by atoms with van der Waals surface area (Å²) in [6, 6.07) is 0. The maximum absolute atomic E-state index is 12.2. The molecule has 0 fully saturated rings. The van der Waals surface area contributed by atoms with Crippen LogP contribution in [-0.2, 0) is 11.8 Å². The average molecular weight is 297 g/mol. The number of nitrogens with zero attached hydrogens (tertiary/aromatic N) is 2. The Bertz CT molecular complexity index is 456. The Morgan fingerprint density at radius 3 is 2.20 bits per heavy atom. The number of hydrogen-bond acceptors (Lipinski definition) is 3. The van der Waals surface area contributed by atoms with Crippen molar-refractivity contribution in [1.82, 2.24) is 9.78 Å². The van der Waals surface area contributed by atoms with Gasteiger partial charge < -0.3 is 5.32 Å². The summed E-state index contributed by atoms with van der Waals surface area (Å²) in [6.45, 7) is 10.5. The number of rotatable bonds is 7. The van der Waals surface area contributed by atoms with Gasteiger partial charge in [0.2, 0.25) is 5.91 Å². The van der Waals surface area contributed by atoms with Crippen LogP contribution in [0.5, 0.6) is 0 Å². The van der Waals surface area contributed by atoms with Gasteiger partial charge in [0.05, 0.1) is 22.8 Å². The third-order valence-corrected chi connectivity index (χ3v) is 6.10. The Morgan fingerprint density at radius 2 is 1.80 bits per heavy atom. The Hall–Kier alpha value is -0.970. The third kappa shape index (κ3) is 3.78. The van der Waals surface area contributed by atoms with Crippen LogP contribution in [0.15, 0.2) is 0 Å². The Morgan fingerprint density at radius 1 is 1.25 bits per heavy atom. The molecule has 1 N–H and O–H groups in total. The number of hydrogen-bond donors (Lipinski definition) is 1. The second-order valence-corrected chi connectivity index (χ2v) is 6.69. The molecule has 4 nitrogen and oxygen atoms in total. The van der Waals surface area contributed by atoms with Crippen LogP contribution in [0.3, 0.4) is 0 Å². The predicted molar refractivity (Wildman–Crippen MR) is 87.4 cm³/mol. The maximum Gasteiger partial charge on any atom is 0.234 e. The van der Waals surface area contributed by atoms with Gasteiger partial charge in [-0.25, -0.2) is 0 Å². The minimum Gasteiger partial charge on any atom is -0.322 e. The molecule has 0 bridgehead atoms. The van der Waals surface area contributed by atoms with Crippen LogP contribution in [0, 0.1) is 13.8 Å². The number of anilines is 1. The smallest absolute Gasteiger partial charge is 0.234 e. The Labute approximate surface area is 126 Å². The van der Waals surface area contributed by atoms with E-state index in [1.165, 1.54) is 0 Å².